The molecule has 5 nitrogen and oxygen atoms in total. The fraction of sp³-hybridized carbons (Fsp3) is 0.846. The van der Waals surface area contributed by atoms with Crippen LogP contribution in [0.1, 0.15) is 57.8 Å². The van der Waals surface area contributed by atoms with Crippen molar-refractivity contribution in [3.63, 3.8) is 0 Å². The summed E-state index contributed by atoms with van der Waals surface area (Å²) in [6, 6.07) is 0. The van der Waals surface area contributed by atoms with Gasteiger partial charge in [-0.05, 0) is 25.7 Å². The van der Waals surface area contributed by atoms with Gasteiger partial charge in [0.05, 0.1) is 0 Å². The molecule has 1 rings (SSSR count). The average Bonchev–Trinajstić information content (AvgIpc) is 2.66. The lowest BCUT2D eigenvalue weighted by molar-refractivity contribution is -0.125. The number of hydrogen-bond acceptors (Lipinski definition) is 3. The standard InChI is InChI=1S/C13H25N3O2/c14-12(16-18)9-5-6-10-15-13(17)11-7-3-1-2-4-8-11/h11,18H,1-10H2,(H2,14,16)(H,15,17). The van der Waals surface area contributed by atoms with Crippen molar-refractivity contribution in [3.05, 3.63) is 0 Å². The number of unbranched alkanes of at least 4 members (excludes halogenated alkanes) is 1. The topological polar surface area (TPSA) is 87.7 Å². The van der Waals surface area contributed by atoms with Crippen molar-refractivity contribution in [2.45, 2.75) is 57.8 Å². The summed E-state index contributed by atoms with van der Waals surface area (Å²) in [6.07, 6.45) is 9.26. The highest BCUT2D eigenvalue weighted by Crippen LogP contribution is 2.22. The summed E-state index contributed by atoms with van der Waals surface area (Å²) in [5, 5.41) is 14.3. The third kappa shape index (κ3) is 5.89. The minimum Gasteiger partial charge on any atom is -0.409 e. The van der Waals surface area contributed by atoms with Gasteiger partial charge in [-0.2, -0.15) is 0 Å². The normalized spacial score (nSPS) is 18.3. The first-order valence-corrected chi connectivity index (χ1v) is 6.98. The van der Waals surface area contributed by atoms with Crippen LogP contribution in [0.25, 0.3) is 0 Å². The molecule has 1 aliphatic carbocycles. The van der Waals surface area contributed by atoms with Crippen LogP contribution in [0.3, 0.4) is 0 Å². The van der Waals surface area contributed by atoms with Gasteiger partial charge in [0.1, 0.15) is 5.84 Å². The van der Waals surface area contributed by atoms with E-state index in [-0.39, 0.29) is 17.7 Å². The molecule has 0 aromatic heterocycles. The molecule has 0 aromatic rings. The van der Waals surface area contributed by atoms with Crippen molar-refractivity contribution in [1.82, 2.24) is 5.32 Å². The smallest absolute Gasteiger partial charge is 0.223 e. The maximum Gasteiger partial charge on any atom is 0.223 e. The molecule has 1 fully saturated rings. The van der Waals surface area contributed by atoms with E-state index in [0.29, 0.717) is 13.0 Å². The van der Waals surface area contributed by atoms with E-state index in [1.54, 1.807) is 0 Å². The number of carbonyl (C=O) groups excluding carboxylic acids is 1. The number of rotatable bonds is 6. The number of amides is 1. The van der Waals surface area contributed by atoms with Gasteiger partial charge < -0.3 is 16.3 Å². The number of hydrogen-bond donors (Lipinski definition) is 3. The zero-order valence-corrected chi connectivity index (χ0v) is 11.0. The molecule has 1 saturated carbocycles. The van der Waals surface area contributed by atoms with Crippen molar-refractivity contribution in [2.24, 2.45) is 16.8 Å². The molecule has 0 aromatic carbocycles. The van der Waals surface area contributed by atoms with Crippen LogP contribution in [0.4, 0.5) is 0 Å². The van der Waals surface area contributed by atoms with E-state index in [1.807, 2.05) is 0 Å². The lowest BCUT2D eigenvalue weighted by atomic mass is 9.99. The second-order valence-electron chi connectivity index (χ2n) is 5.03. The molecule has 0 bridgehead atoms. The largest absolute Gasteiger partial charge is 0.409 e. The average molecular weight is 255 g/mol. The van der Waals surface area contributed by atoms with Crippen molar-refractivity contribution in [3.8, 4) is 0 Å². The maximum absolute atomic E-state index is 11.9. The molecule has 0 heterocycles. The van der Waals surface area contributed by atoms with Crippen molar-refractivity contribution < 1.29 is 10.0 Å². The molecule has 0 spiro atoms. The summed E-state index contributed by atoms with van der Waals surface area (Å²) >= 11 is 0. The van der Waals surface area contributed by atoms with Crippen LogP contribution in [0.15, 0.2) is 5.16 Å². The summed E-state index contributed by atoms with van der Waals surface area (Å²) in [5.41, 5.74) is 5.36. The molecule has 0 radical (unpaired) electrons. The first kappa shape index (κ1) is 14.8. The van der Waals surface area contributed by atoms with Crippen LogP contribution in [-0.4, -0.2) is 23.5 Å². The fourth-order valence-corrected chi connectivity index (χ4v) is 2.38. The van der Waals surface area contributed by atoms with E-state index >= 15 is 0 Å². The third-order valence-electron chi connectivity index (χ3n) is 3.51. The number of nitrogens with one attached hydrogen (secondary N) is 1. The summed E-state index contributed by atoms with van der Waals surface area (Å²) in [4.78, 5) is 11.9. The second-order valence-corrected chi connectivity index (χ2v) is 5.03. The second kappa shape index (κ2) is 8.78. The van der Waals surface area contributed by atoms with Gasteiger partial charge in [-0.15, -0.1) is 0 Å². The molecular weight excluding hydrogens is 230 g/mol. The number of amidine groups is 1. The monoisotopic (exact) mass is 255 g/mol. The first-order valence-electron chi connectivity index (χ1n) is 6.98. The fourth-order valence-electron chi connectivity index (χ4n) is 2.38. The number of carbonyl (C=O) groups is 1. The molecule has 0 saturated heterocycles. The highest BCUT2D eigenvalue weighted by atomic mass is 16.4. The van der Waals surface area contributed by atoms with Crippen molar-refractivity contribution >= 4 is 11.7 Å². The number of nitrogens with two attached hydrogens (primary N) is 1. The highest BCUT2D eigenvalue weighted by molar-refractivity contribution is 5.79. The Morgan fingerprint density at radius 2 is 1.89 bits per heavy atom. The van der Waals surface area contributed by atoms with Crippen LogP contribution in [0.5, 0.6) is 0 Å². The van der Waals surface area contributed by atoms with Gasteiger partial charge in [0.15, 0.2) is 0 Å². The molecule has 0 unspecified atom stereocenters. The zero-order valence-electron chi connectivity index (χ0n) is 11.0. The third-order valence-corrected chi connectivity index (χ3v) is 3.51. The maximum atomic E-state index is 11.9. The van der Waals surface area contributed by atoms with Crippen LogP contribution < -0.4 is 11.1 Å². The van der Waals surface area contributed by atoms with E-state index in [0.717, 1.165) is 25.7 Å². The first-order chi connectivity index (χ1) is 8.74. The summed E-state index contributed by atoms with van der Waals surface area (Å²) in [6.45, 7) is 0.689. The Morgan fingerprint density at radius 1 is 1.22 bits per heavy atom. The van der Waals surface area contributed by atoms with Gasteiger partial charge in [-0.1, -0.05) is 30.8 Å². The van der Waals surface area contributed by atoms with E-state index in [9.17, 15) is 4.79 Å². The minimum atomic E-state index is 0.209. The van der Waals surface area contributed by atoms with E-state index in [4.69, 9.17) is 10.9 Å². The Bertz CT molecular complexity index is 271. The molecule has 0 atom stereocenters. The van der Waals surface area contributed by atoms with Gasteiger partial charge in [0.25, 0.3) is 0 Å². The lowest BCUT2D eigenvalue weighted by Crippen LogP contribution is -2.31. The summed E-state index contributed by atoms with van der Waals surface area (Å²) < 4.78 is 0. The van der Waals surface area contributed by atoms with Gasteiger partial charge in [0.2, 0.25) is 5.91 Å². The van der Waals surface area contributed by atoms with Gasteiger partial charge in [-0.25, -0.2) is 0 Å². The Balaban J connectivity index is 2.09. The predicted octanol–water partition coefficient (Wildman–Crippen LogP) is 1.99. The van der Waals surface area contributed by atoms with Crippen LogP contribution in [0, 0.1) is 5.92 Å². The van der Waals surface area contributed by atoms with Crippen LogP contribution >= 0.6 is 0 Å². The number of oxime groups is 1. The molecule has 0 aliphatic heterocycles. The molecule has 18 heavy (non-hydrogen) atoms. The quantitative estimate of drug-likeness (QED) is 0.169. The molecule has 1 aliphatic rings. The van der Waals surface area contributed by atoms with Crippen molar-refractivity contribution in [2.75, 3.05) is 6.54 Å². The van der Waals surface area contributed by atoms with Crippen LogP contribution in [-0.2, 0) is 4.79 Å². The number of nitrogens with zero attached hydrogens (tertiary/aromatic N) is 1. The van der Waals surface area contributed by atoms with E-state index < -0.39 is 0 Å². The van der Waals surface area contributed by atoms with Crippen molar-refractivity contribution in [1.29, 1.82) is 0 Å². The lowest BCUT2D eigenvalue weighted by Gasteiger charge is -2.13. The molecule has 4 N–H and O–H groups in total. The highest BCUT2D eigenvalue weighted by Gasteiger charge is 2.19. The molecule has 5 heteroatoms. The minimum absolute atomic E-state index is 0.209. The molecule has 1 amide bonds. The molecular formula is C13H25N3O2. The Hall–Kier alpha value is -1.26. The summed E-state index contributed by atoms with van der Waals surface area (Å²) in [7, 11) is 0. The Labute approximate surface area is 109 Å². The Morgan fingerprint density at radius 3 is 2.50 bits per heavy atom. The van der Waals surface area contributed by atoms with Crippen LogP contribution in [0.2, 0.25) is 0 Å². The van der Waals surface area contributed by atoms with E-state index in [2.05, 4.69) is 10.5 Å². The zero-order chi connectivity index (χ0) is 13.2. The van der Waals surface area contributed by atoms with Gasteiger partial charge in [-0.3, -0.25) is 4.79 Å². The molecule has 104 valence electrons. The van der Waals surface area contributed by atoms with Gasteiger partial charge >= 0.3 is 0 Å². The van der Waals surface area contributed by atoms with E-state index in [1.165, 1.54) is 25.7 Å². The predicted molar refractivity (Wildman–Crippen MR) is 71.5 cm³/mol. The Kier molecular flexibility index (Phi) is 7.22. The van der Waals surface area contributed by atoms with Gasteiger partial charge in [0, 0.05) is 18.9 Å². The SMILES string of the molecule is NC(CCCCNC(=O)C1CCCCCC1)=NO. The summed E-state index contributed by atoms with van der Waals surface area (Å²) in [5.74, 6) is 0.683.